The number of aliphatic hydroxyl groups excluding tert-OH is 2. The van der Waals surface area contributed by atoms with Crippen molar-refractivity contribution < 1.29 is 10.2 Å². The second-order valence-electron chi connectivity index (χ2n) is 5.07. The summed E-state index contributed by atoms with van der Waals surface area (Å²) in [4.78, 5) is 0. The van der Waals surface area contributed by atoms with Gasteiger partial charge in [-0.25, -0.2) is 0 Å². The predicted octanol–water partition coefficient (Wildman–Crippen LogP) is 2.00. The van der Waals surface area contributed by atoms with Crippen molar-refractivity contribution in [3.63, 3.8) is 0 Å². The molecule has 0 aliphatic rings. The van der Waals surface area contributed by atoms with E-state index in [9.17, 15) is 10.2 Å². The van der Waals surface area contributed by atoms with Gasteiger partial charge < -0.3 is 10.2 Å². The summed E-state index contributed by atoms with van der Waals surface area (Å²) in [5.41, 5.74) is 0.766. The molecule has 0 saturated carbocycles. The molecule has 1 aromatic carbocycles. The second kappa shape index (κ2) is 4.77. The van der Waals surface area contributed by atoms with Crippen molar-refractivity contribution in [3.8, 4) is 0 Å². The molecule has 0 aliphatic carbocycles. The van der Waals surface area contributed by atoms with Crippen LogP contribution in [0.25, 0.3) is 0 Å². The van der Waals surface area contributed by atoms with E-state index in [2.05, 4.69) is 0 Å². The first-order valence-corrected chi connectivity index (χ1v) is 5.31. The summed E-state index contributed by atoms with van der Waals surface area (Å²) >= 11 is 0. The summed E-state index contributed by atoms with van der Waals surface area (Å²) in [5, 5.41) is 19.7. The Labute approximate surface area is 91.6 Å². The van der Waals surface area contributed by atoms with E-state index in [0.29, 0.717) is 6.42 Å². The number of benzene rings is 1. The molecule has 2 heteroatoms. The van der Waals surface area contributed by atoms with Crippen molar-refractivity contribution in [2.45, 2.75) is 39.4 Å². The van der Waals surface area contributed by atoms with Crippen LogP contribution in [0.5, 0.6) is 0 Å². The highest BCUT2D eigenvalue weighted by atomic mass is 16.3. The van der Waals surface area contributed by atoms with Crippen LogP contribution in [0.2, 0.25) is 0 Å². The van der Waals surface area contributed by atoms with Crippen molar-refractivity contribution >= 4 is 0 Å². The molecule has 1 aromatic rings. The van der Waals surface area contributed by atoms with E-state index < -0.39 is 12.2 Å². The molecular formula is C13H20O2. The van der Waals surface area contributed by atoms with Crippen LogP contribution < -0.4 is 0 Å². The van der Waals surface area contributed by atoms with Gasteiger partial charge in [-0.05, 0) is 11.0 Å². The Kier molecular flexibility index (Phi) is 3.89. The second-order valence-corrected chi connectivity index (χ2v) is 5.07. The Morgan fingerprint density at radius 1 is 1.07 bits per heavy atom. The number of hydrogen-bond donors (Lipinski definition) is 2. The van der Waals surface area contributed by atoms with E-state index >= 15 is 0 Å². The van der Waals surface area contributed by atoms with E-state index in [0.717, 1.165) is 5.56 Å². The van der Waals surface area contributed by atoms with Gasteiger partial charge >= 0.3 is 0 Å². The molecule has 0 fully saturated rings. The van der Waals surface area contributed by atoms with E-state index in [1.165, 1.54) is 0 Å². The highest BCUT2D eigenvalue weighted by Crippen LogP contribution is 2.23. The van der Waals surface area contributed by atoms with Crippen molar-refractivity contribution in [2.24, 2.45) is 5.41 Å². The van der Waals surface area contributed by atoms with Crippen LogP contribution in [0.1, 0.15) is 26.3 Å². The SMILES string of the molecule is CC(C)(C)C(O)C(O)Cc1ccccc1. The first-order valence-electron chi connectivity index (χ1n) is 5.31. The molecule has 0 aromatic heterocycles. The number of rotatable bonds is 3. The molecule has 0 saturated heterocycles. The van der Waals surface area contributed by atoms with Gasteiger partial charge in [0.15, 0.2) is 0 Å². The first kappa shape index (κ1) is 12.2. The van der Waals surface area contributed by atoms with Crippen molar-refractivity contribution in [1.29, 1.82) is 0 Å². The van der Waals surface area contributed by atoms with Gasteiger partial charge in [-0.15, -0.1) is 0 Å². The lowest BCUT2D eigenvalue weighted by atomic mass is 9.84. The minimum absolute atomic E-state index is 0.284. The Hall–Kier alpha value is -0.860. The highest BCUT2D eigenvalue weighted by Gasteiger charge is 2.28. The van der Waals surface area contributed by atoms with Crippen LogP contribution in [0.4, 0.5) is 0 Å². The third-order valence-electron chi connectivity index (χ3n) is 2.54. The third kappa shape index (κ3) is 3.65. The monoisotopic (exact) mass is 208 g/mol. The topological polar surface area (TPSA) is 40.5 Å². The summed E-state index contributed by atoms with van der Waals surface area (Å²) in [6.07, 6.45) is -0.899. The summed E-state index contributed by atoms with van der Waals surface area (Å²) < 4.78 is 0. The fraction of sp³-hybridized carbons (Fsp3) is 0.538. The zero-order valence-electron chi connectivity index (χ0n) is 9.64. The molecule has 2 unspecified atom stereocenters. The van der Waals surface area contributed by atoms with Crippen molar-refractivity contribution in [2.75, 3.05) is 0 Å². The molecule has 84 valence electrons. The van der Waals surface area contributed by atoms with Gasteiger partial charge in [-0.3, -0.25) is 0 Å². The zero-order valence-corrected chi connectivity index (χ0v) is 9.64. The molecule has 2 N–H and O–H groups in total. The van der Waals surface area contributed by atoms with Crippen LogP contribution in [0, 0.1) is 5.41 Å². The molecule has 15 heavy (non-hydrogen) atoms. The minimum atomic E-state index is -0.701. The summed E-state index contributed by atoms with van der Waals surface area (Å²) in [6.45, 7) is 5.77. The van der Waals surface area contributed by atoms with E-state index in [1.54, 1.807) is 0 Å². The Morgan fingerprint density at radius 3 is 2.07 bits per heavy atom. The average Bonchev–Trinajstić information content (AvgIpc) is 2.16. The maximum atomic E-state index is 9.87. The number of hydrogen-bond acceptors (Lipinski definition) is 2. The standard InChI is InChI=1S/C13H20O2/c1-13(2,3)12(15)11(14)9-10-7-5-4-6-8-10/h4-8,11-12,14-15H,9H2,1-3H3. The maximum Gasteiger partial charge on any atom is 0.0850 e. The average molecular weight is 208 g/mol. The lowest BCUT2D eigenvalue weighted by molar-refractivity contribution is -0.0434. The molecule has 0 amide bonds. The molecule has 1 rings (SSSR count). The summed E-state index contributed by atoms with van der Waals surface area (Å²) in [5.74, 6) is 0. The largest absolute Gasteiger partial charge is 0.390 e. The van der Waals surface area contributed by atoms with Gasteiger partial charge in [0.05, 0.1) is 12.2 Å². The van der Waals surface area contributed by atoms with Crippen LogP contribution in [0.3, 0.4) is 0 Å². The summed E-state index contributed by atoms with van der Waals surface area (Å²) in [7, 11) is 0. The van der Waals surface area contributed by atoms with E-state index in [4.69, 9.17) is 0 Å². The number of aliphatic hydroxyl groups is 2. The van der Waals surface area contributed by atoms with Gasteiger partial charge in [-0.1, -0.05) is 51.1 Å². The van der Waals surface area contributed by atoms with Gasteiger partial charge in [0.2, 0.25) is 0 Å². The highest BCUT2D eigenvalue weighted by molar-refractivity contribution is 5.15. The predicted molar refractivity (Wildman–Crippen MR) is 61.6 cm³/mol. The molecule has 0 aliphatic heterocycles. The lowest BCUT2D eigenvalue weighted by Gasteiger charge is -2.30. The Morgan fingerprint density at radius 2 is 1.60 bits per heavy atom. The summed E-state index contributed by atoms with van der Waals surface area (Å²) in [6, 6.07) is 9.73. The third-order valence-corrected chi connectivity index (χ3v) is 2.54. The first-order chi connectivity index (χ1) is 6.91. The van der Waals surface area contributed by atoms with Gasteiger partial charge in [0, 0.05) is 6.42 Å². The zero-order chi connectivity index (χ0) is 11.5. The van der Waals surface area contributed by atoms with E-state index in [1.807, 2.05) is 51.1 Å². The molecule has 0 bridgehead atoms. The van der Waals surface area contributed by atoms with Crippen LogP contribution in [-0.4, -0.2) is 22.4 Å². The normalized spacial score (nSPS) is 16.1. The van der Waals surface area contributed by atoms with Crippen LogP contribution in [-0.2, 0) is 6.42 Å². The molecular weight excluding hydrogens is 188 g/mol. The molecule has 2 nitrogen and oxygen atoms in total. The van der Waals surface area contributed by atoms with Crippen molar-refractivity contribution in [1.82, 2.24) is 0 Å². The van der Waals surface area contributed by atoms with Gasteiger partial charge in [0.25, 0.3) is 0 Å². The smallest absolute Gasteiger partial charge is 0.0850 e. The lowest BCUT2D eigenvalue weighted by Crippen LogP contribution is -2.38. The molecule has 0 radical (unpaired) electrons. The Bertz CT molecular complexity index is 287. The van der Waals surface area contributed by atoms with Gasteiger partial charge in [-0.2, -0.15) is 0 Å². The van der Waals surface area contributed by atoms with E-state index in [-0.39, 0.29) is 5.41 Å². The van der Waals surface area contributed by atoms with Crippen molar-refractivity contribution in [3.05, 3.63) is 35.9 Å². The minimum Gasteiger partial charge on any atom is -0.390 e. The van der Waals surface area contributed by atoms with Crippen LogP contribution >= 0.6 is 0 Å². The Balaban J connectivity index is 2.60. The quantitative estimate of drug-likeness (QED) is 0.797. The maximum absolute atomic E-state index is 9.87. The fourth-order valence-electron chi connectivity index (χ4n) is 1.54. The molecule has 2 atom stereocenters. The molecule has 0 spiro atoms. The molecule has 0 heterocycles. The van der Waals surface area contributed by atoms with Crippen LogP contribution in [0.15, 0.2) is 30.3 Å². The van der Waals surface area contributed by atoms with Gasteiger partial charge in [0.1, 0.15) is 0 Å². The fourth-order valence-corrected chi connectivity index (χ4v) is 1.54.